The zero-order chi connectivity index (χ0) is 13.4. The van der Waals surface area contributed by atoms with Crippen molar-refractivity contribution < 1.29 is 9.90 Å². The highest BCUT2D eigenvalue weighted by Gasteiger charge is 2.14. The molecule has 1 aromatic rings. The Balaban J connectivity index is 2.59. The van der Waals surface area contributed by atoms with Crippen molar-refractivity contribution in [2.75, 3.05) is 6.54 Å². The largest absolute Gasteiger partial charge is 0.393 e. The van der Waals surface area contributed by atoms with E-state index in [9.17, 15) is 9.90 Å². The van der Waals surface area contributed by atoms with Crippen LogP contribution >= 0.6 is 0 Å². The van der Waals surface area contributed by atoms with Crippen LogP contribution in [0, 0.1) is 0 Å². The summed E-state index contributed by atoms with van der Waals surface area (Å²) < 4.78 is 0. The van der Waals surface area contributed by atoms with Crippen molar-refractivity contribution in [1.29, 1.82) is 0 Å². The van der Waals surface area contributed by atoms with E-state index in [1.54, 1.807) is 0 Å². The molecule has 1 atom stereocenters. The Bertz CT molecular complexity index is 398. The number of rotatable bonds is 7. The molecule has 0 fully saturated rings. The van der Waals surface area contributed by atoms with Crippen molar-refractivity contribution >= 4 is 5.78 Å². The molecule has 3 N–H and O–H groups in total. The molecule has 0 aliphatic heterocycles. The Hall–Kier alpha value is -1.45. The first-order chi connectivity index (χ1) is 8.67. The third-order valence-corrected chi connectivity index (χ3v) is 2.86. The van der Waals surface area contributed by atoms with E-state index in [0.717, 1.165) is 11.1 Å². The maximum absolute atomic E-state index is 12.0. The highest BCUT2D eigenvalue weighted by atomic mass is 16.3. The number of benzene rings is 1. The van der Waals surface area contributed by atoms with Gasteiger partial charge >= 0.3 is 0 Å². The van der Waals surface area contributed by atoms with Crippen LogP contribution in [0.2, 0.25) is 0 Å². The number of ketones is 1. The summed E-state index contributed by atoms with van der Waals surface area (Å²) in [6.07, 6.45) is 2.43. The highest BCUT2D eigenvalue weighted by Crippen LogP contribution is 2.12. The lowest BCUT2D eigenvalue weighted by Crippen LogP contribution is -2.19. The first kappa shape index (κ1) is 14.6. The molecule has 0 aliphatic carbocycles. The summed E-state index contributed by atoms with van der Waals surface area (Å²) in [4.78, 5) is 12.0. The van der Waals surface area contributed by atoms with E-state index in [1.165, 1.54) is 0 Å². The Kier molecular flexibility index (Phi) is 6.33. The van der Waals surface area contributed by atoms with E-state index >= 15 is 0 Å². The van der Waals surface area contributed by atoms with Crippen LogP contribution in [0.5, 0.6) is 0 Å². The molecule has 1 aromatic carbocycles. The molecule has 0 amide bonds. The minimum atomic E-state index is -0.631. The molecule has 0 heterocycles. The minimum absolute atomic E-state index is 0.00213. The van der Waals surface area contributed by atoms with E-state index in [1.807, 2.05) is 43.3 Å². The van der Waals surface area contributed by atoms with Gasteiger partial charge in [-0.05, 0) is 31.0 Å². The van der Waals surface area contributed by atoms with Crippen LogP contribution < -0.4 is 5.73 Å². The van der Waals surface area contributed by atoms with Crippen LogP contribution in [0.15, 0.2) is 42.0 Å². The van der Waals surface area contributed by atoms with Gasteiger partial charge in [0.1, 0.15) is 0 Å². The molecule has 0 saturated heterocycles. The minimum Gasteiger partial charge on any atom is -0.393 e. The third kappa shape index (κ3) is 4.82. The number of hydrogen-bond acceptors (Lipinski definition) is 3. The maximum atomic E-state index is 12.0. The first-order valence-electron chi connectivity index (χ1n) is 6.27. The number of aliphatic hydroxyl groups is 1. The smallest absolute Gasteiger partial charge is 0.161 e. The summed E-state index contributed by atoms with van der Waals surface area (Å²) in [6, 6.07) is 9.85. The van der Waals surface area contributed by atoms with Crippen LogP contribution in [0.25, 0.3) is 0 Å². The SMILES string of the molecule is CC=C(Cc1ccccc1)C(=O)CC(O)CCN. The van der Waals surface area contributed by atoms with Crippen LogP contribution in [-0.4, -0.2) is 23.5 Å². The average Bonchev–Trinajstić information content (AvgIpc) is 2.37. The lowest BCUT2D eigenvalue weighted by molar-refractivity contribution is -0.117. The predicted octanol–water partition coefficient (Wildman–Crippen LogP) is 1.84. The summed E-state index contributed by atoms with van der Waals surface area (Å²) in [5.41, 5.74) is 7.20. The average molecular weight is 247 g/mol. The van der Waals surface area contributed by atoms with Gasteiger partial charge in [-0.2, -0.15) is 0 Å². The van der Waals surface area contributed by atoms with E-state index in [0.29, 0.717) is 19.4 Å². The monoisotopic (exact) mass is 247 g/mol. The molecule has 18 heavy (non-hydrogen) atoms. The molecule has 0 spiro atoms. The molecule has 0 radical (unpaired) electrons. The Morgan fingerprint density at radius 3 is 2.61 bits per heavy atom. The topological polar surface area (TPSA) is 63.3 Å². The standard InChI is InChI=1S/C15H21NO2/c1-2-13(10-12-6-4-3-5-7-12)15(18)11-14(17)8-9-16/h2-7,14,17H,8-11,16H2,1H3. The highest BCUT2D eigenvalue weighted by molar-refractivity contribution is 5.95. The van der Waals surface area contributed by atoms with Crippen molar-refractivity contribution in [3.8, 4) is 0 Å². The fraction of sp³-hybridized carbons (Fsp3) is 0.400. The van der Waals surface area contributed by atoms with Gasteiger partial charge in [-0.3, -0.25) is 4.79 Å². The summed E-state index contributed by atoms with van der Waals surface area (Å²) in [7, 11) is 0. The quantitative estimate of drug-likeness (QED) is 0.723. The molecule has 98 valence electrons. The normalized spacial score (nSPS) is 13.4. The van der Waals surface area contributed by atoms with Crippen LogP contribution in [0.4, 0.5) is 0 Å². The first-order valence-corrected chi connectivity index (χ1v) is 6.27. The summed E-state index contributed by atoms with van der Waals surface area (Å²) >= 11 is 0. The summed E-state index contributed by atoms with van der Waals surface area (Å²) in [5.74, 6) is 0.00213. The van der Waals surface area contributed by atoms with Gasteiger partial charge in [-0.1, -0.05) is 36.4 Å². The Morgan fingerprint density at radius 1 is 1.39 bits per heavy atom. The van der Waals surface area contributed by atoms with Gasteiger partial charge in [-0.15, -0.1) is 0 Å². The van der Waals surface area contributed by atoms with Gasteiger partial charge in [-0.25, -0.2) is 0 Å². The Morgan fingerprint density at radius 2 is 2.06 bits per heavy atom. The van der Waals surface area contributed by atoms with Crippen molar-refractivity contribution in [3.05, 3.63) is 47.5 Å². The van der Waals surface area contributed by atoms with E-state index < -0.39 is 6.10 Å². The van der Waals surface area contributed by atoms with E-state index in [4.69, 9.17) is 5.73 Å². The molecule has 3 nitrogen and oxygen atoms in total. The van der Waals surface area contributed by atoms with Crippen molar-refractivity contribution in [2.24, 2.45) is 5.73 Å². The molecule has 0 saturated carbocycles. The van der Waals surface area contributed by atoms with Crippen molar-refractivity contribution in [2.45, 2.75) is 32.3 Å². The molecular weight excluding hydrogens is 226 g/mol. The van der Waals surface area contributed by atoms with Crippen molar-refractivity contribution in [1.82, 2.24) is 0 Å². The van der Waals surface area contributed by atoms with Gasteiger partial charge in [0.15, 0.2) is 5.78 Å². The zero-order valence-corrected chi connectivity index (χ0v) is 10.8. The second-order valence-corrected chi connectivity index (χ2v) is 4.33. The Labute approximate surface area is 108 Å². The lowest BCUT2D eigenvalue weighted by atomic mass is 9.97. The molecule has 0 aliphatic rings. The van der Waals surface area contributed by atoms with Gasteiger partial charge in [0.05, 0.1) is 6.10 Å². The second kappa shape index (κ2) is 7.80. The molecule has 1 rings (SSSR count). The van der Waals surface area contributed by atoms with E-state index in [-0.39, 0.29) is 12.2 Å². The van der Waals surface area contributed by atoms with E-state index in [2.05, 4.69) is 0 Å². The van der Waals surface area contributed by atoms with Gasteiger partial charge in [0.2, 0.25) is 0 Å². The molecule has 3 heteroatoms. The summed E-state index contributed by atoms with van der Waals surface area (Å²) in [6.45, 7) is 2.25. The molecule has 0 aromatic heterocycles. The number of aliphatic hydroxyl groups excluding tert-OH is 1. The van der Waals surface area contributed by atoms with Crippen LogP contribution in [0.3, 0.4) is 0 Å². The number of allylic oxidation sites excluding steroid dienone is 2. The number of carbonyl (C=O) groups is 1. The fourth-order valence-corrected chi connectivity index (χ4v) is 1.82. The second-order valence-electron chi connectivity index (χ2n) is 4.33. The van der Waals surface area contributed by atoms with Gasteiger partial charge in [0, 0.05) is 12.8 Å². The third-order valence-electron chi connectivity index (χ3n) is 2.86. The fourth-order valence-electron chi connectivity index (χ4n) is 1.82. The molecular formula is C15H21NO2. The van der Waals surface area contributed by atoms with Crippen LogP contribution in [-0.2, 0) is 11.2 Å². The van der Waals surface area contributed by atoms with Gasteiger partial charge in [0.25, 0.3) is 0 Å². The predicted molar refractivity (Wildman–Crippen MR) is 73.2 cm³/mol. The van der Waals surface area contributed by atoms with Crippen molar-refractivity contribution in [3.63, 3.8) is 0 Å². The number of Topliss-reactive ketones (excluding diaryl/α,β-unsaturated/α-hetero) is 1. The number of hydrogen-bond donors (Lipinski definition) is 2. The number of carbonyl (C=O) groups excluding carboxylic acids is 1. The lowest BCUT2D eigenvalue weighted by Gasteiger charge is -2.10. The number of nitrogens with two attached hydrogens (primary N) is 1. The zero-order valence-electron chi connectivity index (χ0n) is 10.8. The molecule has 0 bridgehead atoms. The summed E-state index contributed by atoms with van der Waals surface area (Å²) in [5, 5.41) is 9.60. The maximum Gasteiger partial charge on any atom is 0.161 e. The molecule has 1 unspecified atom stereocenters. The van der Waals surface area contributed by atoms with Crippen LogP contribution in [0.1, 0.15) is 25.3 Å². The van der Waals surface area contributed by atoms with Gasteiger partial charge < -0.3 is 10.8 Å².